The van der Waals surface area contributed by atoms with Gasteiger partial charge in [0.2, 0.25) is 0 Å². The maximum atomic E-state index is 13.0. The van der Waals surface area contributed by atoms with E-state index in [4.69, 9.17) is 10.5 Å². The third-order valence-corrected chi connectivity index (χ3v) is 10.1. The fourth-order valence-corrected chi connectivity index (χ4v) is 7.32. The summed E-state index contributed by atoms with van der Waals surface area (Å²) in [6, 6.07) is 17.7. The molecule has 42 heavy (non-hydrogen) atoms. The van der Waals surface area contributed by atoms with Crippen molar-refractivity contribution in [3.63, 3.8) is 0 Å². The minimum absolute atomic E-state index is 0.150. The first-order valence-electron chi connectivity index (χ1n) is 14.2. The van der Waals surface area contributed by atoms with E-state index in [0.717, 1.165) is 44.5 Å². The lowest BCUT2D eigenvalue weighted by molar-refractivity contribution is -0.143. The maximum absolute atomic E-state index is 13.0. The summed E-state index contributed by atoms with van der Waals surface area (Å²) in [5.41, 5.74) is 13.0. The fourth-order valence-electron chi connectivity index (χ4n) is 5.62. The molecule has 0 bridgehead atoms. The number of anilines is 1. The van der Waals surface area contributed by atoms with E-state index in [1.54, 1.807) is 15.1 Å². The third kappa shape index (κ3) is 5.88. The van der Waals surface area contributed by atoms with Crippen LogP contribution in [0.2, 0.25) is 0 Å². The molecule has 0 saturated heterocycles. The van der Waals surface area contributed by atoms with Crippen LogP contribution in [0.25, 0.3) is 11.0 Å². The Kier molecular flexibility index (Phi) is 8.86. The normalized spacial score (nSPS) is 16.6. The van der Waals surface area contributed by atoms with Gasteiger partial charge in [-0.2, -0.15) is 4.31 Å². The first kappa shape index (κ1) is 30.0. The molecule has 1 unspecified atom stereocenters. The minimum atomic E-state index is -3.22. The standard InChI is InChI=1S/C31H40N6O4S/c1-21-10-11-23(18-24(21)20-37-16-15-35(3)27-8-5-6-9-29(27)42(37,39)40)26(19-30(38)41-17-7-14-32)25-12-13-28-31(22(25)2)33-34-36(28)4/h5-6,8-13,18,26,39-40H,7,14-17,19-20,32H2,1-4H3. The van der Waals surface area contributed by atoms with Gasteiger partial charge in [0.25, 0.3) is 0 Å². The summed E-state index contributed by atoms with van der Waals surface area (Å²) in [7, 11) is 0.604. The van der Waals surface area contributed by atoms with Gasteiger partial charge >= 0.3 is 5.97 Å². The summed E-state index contributed by atoms with van der Waals surface area (Å²) >= 11 is 0. The highest BCUT2D eigenvalue weighted by Gasteiger charge is 2.32. The Balaban J connectivity index is 1.52. The molecule has 1 aliphatic heterocycles. The van der Waals surface area contributed by atoms with E-state index in [0.29, 0.717) is 37.5 Å². The van der Waals surface area contributed by atoms with E-state index < -0.39 is 10.8 Å². The van der Waals surface area contributed by atoms with Gasteiger partial charge in [-0.05, 0) is 72.8 Å². The number of benzene rings is 3. The van der Waals surface area contributed by atoms with Crippen LogP contribution in [0, 0.1) is 13.8 Å². The zero-order valence-electron chi connectivity index (χ0n) is 24.7. The number of ether oxygens (including phenoxy) is 1. The SMILES string of the molecule is Cc1ccc(C(CC(=O)OCCCN)c2ccc3c(nnn3C)c2C)cc1CN1CCN(C)c2ccccc2S1(O)O. The molecule has 224 valence electrons. The number of aryl methyl sites for hydroxylation is 3. The highest BCUT2D eigenvalue weighted by atomic mass is 32.3. The smallest absolute Gasteiger partial charge is 0.306 e. The van der Waals surface area contributed by atoms with Gasteiger partial charge in [0.1, 0.15) is 5.52 Å². The number of fused-ring (bicyclic) bond motifs is 2. The Morgan fingerprint density at radius 3 is 2.67 bits per heavy atom. The zero-order chi connectivity index (χ0) is 30.0. The molecule has 2 heterocycles. The number of esters is 1. The van der Waals surface area contributed by atoms with Crippen LogP contribution >= 0.6 is 10.8 Å². The molecule has 0 saturated carbocycles. The van der Waals surface area contributed by atoms with E-state index >= 15 is 0 Å². The van der Waals surface area contributed by atoms with Crippen molar-refractivity contribution in [3.05, 3.63) is 82.4 Å². The third-order valence-electron chi connectivity index (χ3n) is 8.18. The Morgan fingerprint density at radius 1 is 1.10 bits per heavy atom. The summed E-state index contributed by atoms with van der Waals surface area (Å²) in [6.45, 7) is 6.25. The van der Waals surface area contributed by atoms with Crippen molar-refractivity contribution in [2.75, 3.05) is 38.2 Å². The summed E-state index contributed by atoms with van der Waals surface area (Å²) in [5, 5.41) is 8.56. The summed E-state index contributed by atoms with van der Waals surface area (Å²) in [4.78, 5) is 15.6. The molecule has 10 nitrogen and oxygen atoms in total. The number of rotatable bonds is 9. The average Bonchev–Trinajstić information content (AvgIpc) is 3.32. The highest BCUT2D eigenvalue weighted by molar-refractivity contribution is 8.22. The van der Waals surface area contributed by atoms with Crippen molar-refractivity contribution in [1.29, 1.82) is 0 Å². The predicted molar refractivity (Wildman–Crippen MR) is 167 cm³/mol. The van der Waals surface area contributed by atoms with Crippen LogP contribution < -0.4 is 10.6 Å². The van der Waals surface area contributed by atoms with E-state index in [2.05, 4.69) is 21.3 Å². The monoisotopic (exact) mass is 592 g/mol. The van der Waals surface area contributed by atoms with Gasteiger partial charge in [-0.25, -0.2) is 4.68 Å². The van der Waals surface area contributed by atoms with Gasteiger partial charge < -0.3 is 15.4 Å². The van der Waals surface area contributed by atoms with Gasteiger partial charge in [0, 0.05) is 39.6 Å². The number of nitrogens with two attached hydrogens (primary N) is 1. The highest BCUT2D eigenvalue weighted by Crippen LogP contribution is 2.56. The first-order chi connectivity index (χ1) is 20.1. The average molecular weight is 593 g/mol. The predicted octanol–water partition coefficient (Wildman–Crippen LogP) is 4.98. The number of para-hydroxylation sites is 1. The van der Waals surface area contributed by atoms with Crippen molar-refractivity contribution < 1.29 is 18.6 Å². The van der Waals surface area contributed by atoms with Gasteiger partial charge in [-0.1, -0.05) is 41.6 Å². The number of nitrogens with zero attached hydrogens (tertiary/aromatic N) is 5. The molecule has 0 spiro atoms. The number of likely N-dealkylation sites (N-methyl/N-ethyl adjacent to an activating group) is 1. The Labute approximate surface area is 248 Å². The topological polar surface area (TPSA) is 130 Å². The molecule has 3 aromatic carbocycles. The van der Waals surface area contributed by atoms with E-state index in [9.17, 15) is 13.9 Å². The quantitative estimate of drug-likeness (QED) is 0.182. The molecule has 0 fully saturated rings. The molecular formula is C31H40N6O4S. The van der Waals surface area contributed by atoms with E-state index in [1.807, 2.05) is 70.4 Å². The molecule has 4 N–H and O–H groups in total. The Bertz CT molecular complexity index is 1590. The molecule has 0 amide bonds. The molecule has 1 aromatic heterocycles. The molecule has 1 atom stereocenters. The Morgan fingerprint density at radius 2 is 1.88 bits per heavy atom. The van der Waals surface area contributed by atoms with Crippen LogP contribution in [-0.4, -0.2) is 67.7 Å². The number of aromatic nitrogens is 3. The first-order valence-corrected chi connectivity index (χ1v) is 15.7. The second kappa shape index (κ2) is 12.4. The van der Waals surface area contributed by atoms with Crippen LogP contribution in [0.4, 0.5) is 5.69 Å². The largest absolute Gasteiger partial charge is 0.466 e. The van der Waals surface area contributed by atoms with Crippen LogP contribution in [0.5, 0.6) is 0 Å². The molecule has 4 aromatic rings. The van der Waals surface area contributed by atoms with Crippen molar-refractivity contribution in [1.82, 2.24) is 19.3 Å². The molecule has 0 aliphatic carbocycles. The van der Waals surface area contributed by atoms with E-state index in [-0.39, 0.29) is 24.9 Å². The maximum Gasteiger partial charge on any atom is 0.306 e. The molecule has 5 rings (SSSR count). The van der Waals surface area contributed by atoms with Crippen molar-refractivity contribution in [2.24, 2.45) is 12.8 Å². The summed E-state index contributed by atoms with van der Waals surface area (Å²) in [6.07, 6.45) is 0.757. The second-order valence-corrected chi connectivity index (χ2v) is 12.9. The van der Waals surface area contributed by atoms with Crippen LogP contribution in [-0.2, 0) is 23.1 Å². The van der Waals surface area contributed by atoms with Crippen molar-refractivity contribution in [2.45, 2.75) is 44.0 Å². The van der Waals surface area contributed by atoms with E-state index in [1.165, 1.54) is 0 Å². The molecular weight excluding hydrogens is 552 g/mol. The van der Waals surface area contributed by atoms with Crippen molar-refractivity contribution >= 4 is 33.5 Å². The van der Waals surface area contributed by atoms with Gasteiger partial charge in [0.05, 0.1) is 29.1 Å². The lowest BCUT2D eigenvalue weighted by Crippen LogP contribution is -2.31. The molecule has 11 heteroatoms. The number of hydrogen-bond acceptors (Lipinski definition) is 9. The molecule has 1 aliphatic rings. The lowest BCUT2D eigenvalue weighted by Gasteiger charge is -2.42. The molecule has 0 radical (unpaired) electrons. The number of carbonyl (C=O) groups excluding carboxylic acids is 1. The van der Waals surface area contributed by atoms with Gasteiger partial charge in [-0.3, -0.25) is 13.9 Å². The van der Waals surface area contributed by atoms with Crippen LogP contribution in [0.1, 0.15) is 46.6 Å². The summed E-state index contributed by atoms with van der Waals surface area (Å²) in [5.74, 6) is -0.590. The van der Waals surface area contributed by atoms with Crippen LogP contribution in [0.15, 0.2) is 59.5 Å². The zero-order valence-corrected chi connectivity index (χ0v) is 25.5. The van der Waals surface area contributed by atoms with Gasteiger partial charge in [-0.15, -0.1) is 15.9 Å². The minimum Gasteiger partial charge on any atom is -0.466 e. The van der Waals surface area contributed by atoms with Gasteiger partial charge in [0.15, 0.2) is 0 Å². The van der Waals surface area contributed by atoms with Crippen LogP contribution in [0.3, 0.4) is 0 Å². The number of hydrogen-bond donors (Lipinski definition) is 3. The number of carbonyl (C=O) groups is 1. The summed E-state index contributed by atoms with van der Waals surface area (Å²) < 4.78 is 32.0. The fraction of sp³-hybridized carbons (Fsp3) is 0.387. The second-order valence-electron chi connectivity index (χ2n) is 10.9. The lowest BCUT2D eigenvalue weighted by atomic mass is 9.84. The van der Waals surface area contributed by atoms with Crippen molar-refractivity contribution in [3.8, 4) is 0 Å². The Hall–Kier alpha value is -3.48.